The minimum atomic E-state index is -0.495. The summed E-state index contributed by atoms with van der Waals surface area (Å²) in [4.78, 5) is 23.3. The van der Waals surface area contributed by atoms with E-state index in [1.54, 1.807) is 25.3 Å². The maximum absolute atomic E-state index is 12.5. The topological polar surface area (TPSA) is 97.4 Å². The van der Waals surface area contributed by atoms with E-state index in [1.807, 2.05) is 43.3 Å². The van der Waals surface area contributed by atoms with E-state index in [4.69, 9.17) is 4.42 Å². The number of rotatable bonds is 7. The lowest BCUT2D eigenvalue weighted by Gasteiger charge is -2.17. The molecule has 1 atom stereocenters. The summed E-state index contributed by atoms with van der Waals surface area (Å²) in [5.41, 5.74) is 2.59. The summed E-state index contributed by atoms with van der Waals surface area (Å²) in [6, 6.07) is 16.0. The molecule has 3 rings (SSSR count). The zero-order chi connectivity index (χ0) is 20.1. The summed E-state index contributed by atoms with van der Waals surface area (Å²) in [7, 11) is 0. The van der Waals surface area contributed by atoms with Crippen LogP contribution >= 0.6 is 0 Å². The molecule has 0 aliphatic carbocycles. The van der Waals surface area contributed by atoms with Gasteiger partial charge >= 0.3 is 0 Å². The van der Waals surface area contributed by atoms with Crippen LogP contribution in [-0.4, -0.2) is 17.4 Å². The molecule has 0 saturated heterocycles. The monoisotopic (exact) mass is 379 g/mol. The molecule has 144 valence electrons. The molecule has 7 nitrogen and oxygen atoms in total. The number of aryl methyl sites for hydroxylation is 1. The van der Waals surface area contributed by atoms with Crippen LogP contribution in [0.15, 0.2) is 65.3 Å². The minimum absolute atomic E-state index is 0.0369. The molecule has 0 aliphatic rings. The van der Waals surface area contributed by atoms with E-state index in [0.29, 0.717) is 11.3 Å². The summed E-state index contributed by atoms with van der Waals surface area (Å²) in [5.74, 6) is 0.306. The predicted molar refractivity (Wildman–Crippen MR) is 106 cm³/mol. The van der Waals surface area contributed by atoms with E-state index in [1.165, 1.54) is 6.07 Å². The van der Waals surface area contributed by atoms with Gasteiger partial charge in [0, 0.05) is 6.07 Å². The van der Waals surface area contributed by atoms with Crippen molar-refractivity contribution in [2.75, 3.05) is 11.9 Å². The van der Waals surface area contributed by atoms with Gasteiger partial charge in [0.25, 0.3) is 5.69 Å². The van der Waals surface area contributed by atoms with Gasteiger partial charge in [-0.2, -0.15) is 0 Å². The average molecular weight is 379 g/mol. The number of amides is 1. The molecule has 1 aromatic heterocycles. The number of carbonyl (C=O) groups excluding carboxylic acids is 1. The largest absolute Gasteiger partial charge is 0.467 e. The zero-order valence-corrected chi connectivity index (χ0v) is 15.6. The molecule has 0 aliphatic heterocycles. The molecule has 1 amide bonds. The number of nitrogens with zero attached hydrogens (tertiary/aromatic N) is 1. The standard InChI is InChI=1S/C21H21N3O4/c1-14-10-11-17(24(26)27)20(15(14)2)23-19(25)13-22-21(18-9-6-12-28-18)16-7-4-3-5-8-16/h3-12,21-22H,13H2,1-2H3,(H,23,25)/t21-/m0/s1. The second-order valence-electron chi connectivity index (χ2n) is 6.45. The van der Waals surface area contributed by atoms with Gasteiger partial charge in [0.2, 0.25) is 5.91 Å². The molecule has 1 heterocycles. The van der Waals surface area contributed by atoms with Crippen molar-refractivity contribution in [3.63, 3.8) is 0 Å². The van der Waals surface area contributed by atoms with Crippen molar-refractivity contribution in [2.24, 2.45) is 0 Å². The van der Waals surface area contributed by atoms with E-state index < -0.39 is 4.92 Å². The number of carbonyl (C=O) groups is 1. The second kappa shape index (κ2) is 8.49. The Bertz CT molecular complexity index is 969. The highest BCUT2D eigenvalue weighted by molar-refractivity contribution is 5.95. The number of nitro groups is 1. The fraction of sp³-hybridized carbons (Fsp3) is 0.190. The molecular weight excluding hydrogens is 358 g/mol. The van der Waals surface area contributed by atoms with Gasteiger partial charge < -0.3 is 9.73 Å². The van der Waals surface area contributed by atoms with Crippen LogP contribution in [0.1, 0.15) is 28.5 Å². The Labute approximate surface area is 162 Å². The Morgan fingerprint density at radius 2 is 1.86 bits per heavy atom. The van der Waals surface area contributed by atoms with E-state index in [0.717, 1.165) is 11.1 Å². The fourth-order valence-corrected chi connectivity index (χ4v) is 2.97. The molecule has 0 unspecified atom stereocenters. The van der Waals surface area contributed by atoms with Gasteiger partial charge in [0.1, 0.15) is 11.4 Å². The average Bonchev–Trinajstić information content (AvgIpc) is 3.21. The van der Waals surface area contributed by atoms with E-state index in [-0.39, 0.29) is 29.9 Å². The van der Waals surface area contributed by atoms with Crippen LogP contribution in [0.25, 0.3) is 0 Å². The molecular formula is C21H21N3O4. The van der Waals surface area contributed by atoms with Crippen molar-refractivity contribution in [3.8, 4) is 0 Å². The van der Waals surface area contributed by atoms with Crippen molar-refractivity contribution < 1.29 is 14.1 Å². The Morgan fingerprint density at radius 1 is 1.11 bits per heavy atom. The molecule has 3 aromatic rings. The van der Waals surface area contributed by atoms with Gasteiger partial charge in [-0.25, -0.2) is 0 Å². The highest BCUT2D eigenvalue weighted by atomic mass is 16.6. The number of furan rings is 1. The van der Waals surface area contributed by atoms with Crippen LogP contribution < -0.4 is 10.6 Å². The molecule has 0 bridgehead atoms. The Hall–Kier alpha value is -3.45. The molecule has 2 aromatic carbocycles. The van der Waals surface area contributed by atoms with Crippen molar-refractivity contribution in [3.05, 3.63) is 93.4 Å². The lowest BCUT2D eigenvalue weighted by molar-refractivity contribution is -0.384. The highest BCUT2D eigenvalue weighted by Gasteiger charge is 2.21. The van der Waals surface area contributed by atoms with E-state index >= 15 is 0 Å². The summed E-state index contributed by atoms with van der Waals surface area (Å²) in [6.45, 7) is 3.56. The first kappa shape index (κ1) is 19.3. The Morgan fingerprint density at radius 3 is 2.50 bits per heavy atom. The second-order valence-corrected chi connectivity index (χ2v) is 6.45. The summed E-state index contributed by atoms with van der Waals surface area (Å²) in [6.07, 6.45) is 1.58. The first-order chi connectivity index (χ1) is 13.5. The number of benzene rings is 2. The summed E-state index contributed by atoms with van der Waals surface area (Å²) in [5, 5.41) is 17.1. The van der Waals surface area contributed by atoms with Crippen LogP contribution in [0.5, 0.6) is 0 Å². The number of nitrogens with one attached hydrogen (secondary N) is 2. The normalized spacial score (nSPS) is 11.8. The lowest BCUT2D eigenvalue weighted by Crippen LogP contribution is -2.32. The van der Waals surface area contributed by atoms with Gasteiger partial charge in [-0.1, -0.05) is 36.4 Å². The van der Waals surface area contributed by atoms with Crippen LogP contribution in [0.3, 0.4) is 0 Å². The Balaban J connectivity index is 1.76. The number of anilines is 1. The Kier molecular flexibility index (Phi) is 5.86. The van der Waals surface area contributed by atoms with Crippen LogP contribution in [0.4, 0.5) is 11.4 Å². The van der Waals surface area contributed by atoms with Gasteiger partial charge in [-0.15, -0.1) is 0 Å². The first-order valence-corrected chi connectivity index (χ1v) is 8.83. The van der Waals surface area contributed by atoms with Crippen molar-refractivity contribution in [1.82, 2.24) is 5.32 Å². The third kappa shape index (κ3) is 4.27. The maximum Gasteiger partial charge on any atom is 0.293 e. The van der Waals surface area contributed by atoms with Gasteiger partial charge in [-0.3, -0.25) is 20.2 Å². The zero-order valence-electron chi connectivity index (χ0n) is 15.6. The van der Waals surface area contributed by atoms with Gasteiger partial charge in [0.15, 0.2) is 0 Å². The third-order valence-corrected chi connectivity index (χ3v) is 4.60. The smallest absolute Gasteiger partial charge is 0.293 e. The molecule has 0 radical (unpaired) electrons. The predicted octanol–water partition coefficient (Wildman–Crippen LogP) is 4.12. The van der Waals surface area contributed by atoms with Gasteiger partial charge in [0.05, 0.1) is 23.8 Å². The summed E-state index contributed by atoms with van der Waals surface area (Å²) < 4.78 is 5.50. The quantitative estimate of drug-likeness (QED) is 0.475. The lowest BCUT2D eigenvalue weighted by atomic mass is 10.0. The third-order valence-electron chi connectivity index (χ3n) is 4.60. The number of hydrogen-bond acceptors (Lipinski definition) is 5. The fourth-order valence-electron chi connectivity index (χ4n) is 2.97. The summed E-state index contributed by atoms with van der Waals surface area (Å²) >= 11 is 0. The van der Waals surface area contributed by atoms with E-state index in [2.05, 4.69) is 10.6 Å². The molecule has 2 N–H and O–H groups in total. The number of nitro benzene ring substituents is 1. The highest BCUT2D eigenvalue weighted by Crippen LogP contribution is 2.30. The minimum Gasteiger partial charge on any atom is -0.467 e. The maximum atomic E-state index is 12.5. The number of hydrogen-bond donors (Lipinski definition) is 2. The van der Waals surface area contributed by atoms with Crippen molar-refractivity contribution >= 4 is 17.3 Å². The SMILES string of the molecule is Cc1ccc([N+](=O)[O-])c(NC(=O)CN[C@@H](c2ccccc2)c2ccco2)c1C. The molecule has 28 heavy (non-hydrogen) atoms. The van der Waals surface area contributed by atoms with Crippen molar-refractivity contribution in [2.45, 2.75) is 19.9 Å². The molecule has 0 spiro atoms. The first-order valence-electron chi connectivity index (χ1n) is 8.83. The van der Waals surface area contributed by atoms with Crippen LogP contribution in [0.2, 0.25) is 0 Å². The van der Waals surface area contributed by atoms with Crippen molar-refractivity contribution in [1.29, 1.82) is 0 Å². The van der Waals surface area contributed by atoms with Crippen LogP contribution in [0, 0.1) is 24.0 Å². The van der Waals surface area contributed by atoms with Gasteiger partial charge in [-0.05, 0) is 42.7 Å². The van der Waals surface area contributed by atoms with E-state index in [9.17, 15) is 14.9 Å². The molecule has 0 saturated carbocycles. The molecule has 0 fully saturated rings. The molecule has 7 heteroatoms. The van der Waals surface area contributed by atoms with Crippen LogP contribution in [-0.2, 0) is 4.79 Å².